The van der Waals surface area contributed by atoms with Gasteiger partial charge in [-0.05, 0) is 19.1 Å². The van der Waals surface area contributed by atoms with Gasteiger partial charge in [0, 0.05) is 6.20 Å². The van der Waals surface area contributed by atoms with Crippen LogP contribution in [0.3, 0.4) is 0 Å². The fraction of sp³-hybridized carbons (Fsp3) is 0.455. The predicted octanol–water partition coefficient (Wildman–Crippen LogP) is 2.79. The van der Waals surface area contributed by atoms with Crippen LogP contribution in [0, 0.1) is 5.92 Å². The number of alkyl halides is 4. The summed E-state index contributed by atoms with van der Waals surface area (Å²) in [6.45, 7) is 0.407. The average molecular weight is 261 g/mol. The third-order valence-corrected chi connectivity index (χ3v) is 2.88. The second-order valence-corrected chi connectivity index (χ2v) is 4.02. The average Bonchev–Trinajstić information content (AvgIpc) is 2.67. The van der Waals surface area contributed by atoms with Gasteiger partial charge in [0.15, 0.2) is 0 Å². The van der Waals surface area contributed by atoms with Gasteiger partial charge in [-0.3, -0.25) is 4.39 Å². The van der Waals surface area contributed by atoms with Crippen molar-refractivity contribution in [2.75, 3.05) is 11.7 Å². The highest BCUT2D eigenvalue weighted by molar-refractivity contribution is 5.95. The van der Waals surface area contributed by atoms with Gasteiger partial charge >= 0.3 is 6.18 Å². The van der Waals surface area contributed by atoms with E-state index < -0.39 is 30.5 Å². The standard InChI is InChI=1S/C11H11F4N3/c1-7-8(6-12)10(11(13,14)15)17-18(7)9-4-2-3-5-16-9/h2-5,7-8H,6H2,1H3. The molecule has 0 bridgehead atoms. The van der Waals surface area contributed by atoms with E-state index in [2.05, 4.69) is 10.1 Å². The first kappa shape index (κ1) is 12.8. The topological polar surface area (TPSA) is 28.5 Å². The fourth-order valence-corrected chi connectivity index (χ4v) is 1.90. The first-order valence-electron chi connectivity index (χ1n) is 5.37. The fourth-order valence-electron chi connectivity index (χ4n) is 1.90. The van der Waals surface area contributed by atoms with Crippen LogP contribution in [0.15, 0.2) is 29.5 Å². The van der Waals surface area contributed by atoms with Gasteiger partial charge < -0.3 is 0 Å². The minimum Gasteiger partial charge on any atom is -0.250 e. The number of aromatic nitrogens is 1. The van der Waals surface area contributed by atoms with Crippen LogP contribution in [-0.4, -0.2) is 29.6 Å². The van der Waals surface area contributed by atoms with Gasteiger partial charge in [0.25, 0.3) is 0 Å². The van der Waals surface area contributed by atoms with Crippen molar-refractivity contribution in [1.29, 1.82) is 0 Å². The second-order valence-electron chi connectivity index (χ2n) is 4.02. The van der Waals surface area contributed by atoms with E-state index in [4.69, 9.17) is 0 Å². The molecule has 0 aromatic carbocycles. The molecule has 7 heteroatoms. The van der Waals surface area contributed by atoms with Crippen molar-refractivity contribution in [3.8, 4) is 0 Å². The van der Waals surface area contributed by atoms with Crippen molar-refractivity contribution in [3.05, 3.63) is 24.4 Å². The van der Waals surface area contributed by atoms with Crippen molar-refractivity contribution >= 4 is 11.5 Å². The largest absolute Gasteiger partial charge is 0.431 e. The lowest BCUT2D eigenvalue weighted by Gasteiger charge is -2.22. The van der Waals surface area contributed by atoms with Crippen molar-refractivity contribution in [2.24, 2.45) is 11.0 Å². The number of rotatable bonds is 2. The van der Waals surface area contributed by atoms with Gasteiger partial charge in [0.05, 0.1) is 18.6 Å². The Morgan fingerprint density at radius 2 is 2.06 bits per heavy atom. The van der Waals surface area contributed by atoms with Crippen LogP contribution in [-0.2, 0) is 0 Å². The van der Waals surface area contributed by atoms with E-state index in [0.717, 1.165) is 5.01 Å². The van der Waals surface area contributed by atoms with Crippen molar-refractivity contribution < 1.29 is 17.6 Å². The first-order valence-corrected chi connectivity index (χ1v) is 5.37. The van der Waals surface area contributed by atoms with E-state index in [1.54, 1.807) is 12.1 Å². The Bertz CT molecular complexity index is 443. The number of hydrazone groups is 1. The highest BCUT2D eigenvalue weighted by atomic mass is 19.4. The molecule has 1 aliphatic heterocycles. The molecule has 0 radical (unpaired) electrons. The molecule has 2 rings (SSSR count). The SMILES string of the molecule is CC1C(CF)C(C(F)(F)F)=NN1c1ccccn1. The van der Waals surface area contributed by atoms with Crippen LogP contribution < -0.4 is 5.01 Å². The van der Waals surface area contributed by atoms with Crippen molar-refractivity contribution in [2.45, 2.75) is 19.1 Å². The van der Waals surface area contributed by atoms with Crippen LogP contribution in [0.5, 0.6) is 0 Å². The second kappa shape index (κ2) is 4.55. The molecule has 2 heterocycles. The maximum absolute atomic E-state index is 12.8. The lowest BCUT2D eigenvalue weighted by atomic mass is 9.98. The Kier molecular flexibility index (Phi) is 3.23. The summed E-state index contributed by atoms with van der Waals surface area (Å²) in [5.41, 5.74) is -1.08. The van der Waals surface area contributed by atoms with E-state index in [-0.39, 0.29) is 5.82 Å². The lowest BCUT2D eigenvalue weighted by molar-refractivity contribution is -0.0627. The number of nitrogens with zero attached hydrogens (tertiary/aromatic N) is 3. The van der Waals surface area contributed by atoms with E-state index in [0.29, 0.717) is 0 Å². The molecule has 1 aromatic heterocycles. The summed E-state index contributed by atoms with van der Waals surface area (Å²) < 4.78 is 50.9. The van der Waals surface area contributed by atoms with E-state index >= 15 is 0 Å². The summed E-state index contributed by atoms with van der Waals surface area (Å²) >= 11 is 0. The highest BCUT2D eigenvalue weighted by Gasteiger charge is 2.49. The summed E-state index contributed by atoms with van der Waals surface area (Å²) in [6.07, 6.45) is -3.16. The van der Waals surface area contributed by atoms with Crippen LogP contribution in [0.2, 0.25) is 0 Å². The zero-order valence-corrected chi connectivity index (χ0v) is 9.52. The maximum Gasteiger partial charge on any atom is 0.431 e. The molecule has 1 aliphatic rings. The van der Waals surface area contributed by atoms with Crippen LogP contribution in [0.25, 0.3) is 0 Å². The predicted molar refractivity (Wildman–Crippen MR) is 59.1 cm³/mol. The maximum atomic E-state index is 12.8. The van der Waals surface area contributed by atoms with E-state index in [1.807, 2.05) is 0 Å². The Morgan fingerprint density at radius 1 is 1.33 bits per heavy atom. The molecule has 18 heavy (non-hydrogen) atoms. The summed E-state index contributed by atoms with van der Waals surface area (Å²) in [7, 11) is 0. The number of hydrogen-bond acceptors (Lipinski definition) is 3. The lowest BCUT2D eigenvalue weighted by Crippen LogP contribution is -2.36. The summed E-state index contributed by atoms with van der Waals surface area (Å²) in [5, 5.41) is 4.60. The molecule has 0 spiro atoms. The van der Waals surface area contributed by atoms with Crippen molar-refractivity contribution in [1.82, 2.24) is 4.98 Å². The zero-order chi connectivity index (χ0) is 13.3. The van der Waals surface area contributed by atoms with Gasteiger partial charge in [-0.1, -0.05) is 6.07 Å². The quantitative estimate of drug-likeness (QED) is 0.766. The number of pyridine rings is 1. The third-order valence-electron chi connectivity index (χ3n) is 2.88. The van der Waals surface area contributed by atoms with Crippen LogP contribution >= 0.6 is 0 Å². The molecule has 0 saturated heterocycles. The molecule has 0 saturated carbocycles. The molecule has 2 atom stereocenters. The third kappa shape index (κ3) is 2.16. The Balaban J connectivity index is 2.37. The van der Waals surface area contributed by atoms with Gasteiger partial charge in [0.2, 0.25) is 0 Å². The summed E-state index contributed by atoms with van der Waals surface area (Å²) in [5.74, 6) is -0.991. The molecule has 1 aromatic rings. The Morgan fingerprint density at radius 3 is 2.50 bits per heavy atom. The summed E-state index contributed by atoms with van der Waals surface area (Å²) in [4.78, 5) is 3.93. The van der Waals surface area contributed by atoms with Crippen LogP contribution in [0.1, 0.15) is 6.92 Å². The van der Waals surface area contributed by atoms with Gasteiger partial charge in [-0.25, -0.2) is 9.99 Å². The number of anilines is 1. The molecule has 0 amide bonds. The zero-order valence-electron chi connectivity index (χ0n) is 9.52. The van der Waals surface area contributed by atoms with Crippen molar-refractivity contribution in [3.63, 3.8) is 0 Å². The molecular formula is C11H11F4N3. The molecule has 0 fully saturated rings. The molecule has 0 aliphatic carbocycles. The van der Waals surface area contributed by atoms with Crippen LogP contribution in [0.4, 0.5) is 23.4 Å². The summed E-state index contributed by atoms with van der Waals surface area (Å²) in [6, 6.07) is 4.11. The minimum absolute atomic E-state index is 0.280. The molecule has 2 unspecified atom stereocenters. The molecular weight excluding hydrogens is 250 g/mol. The normalized spacial score (nSPS) is 24.3. The molecule has 3 nitrogen and oxygen atoms in total. The Hall–Kier alpha value is -1.66. The highest BCUT2D eigenvalue weighted by Crippen LogP contribution is 2.34. The minimum atomic E-state index is -4.62. The smallest absolute Gasteiger partial charge is 0.250 e. The number of hydrogen-bond donors (Lipinski definition) is 0. The Labute approximate surface area is 101 Å². The number of halogens is 4. The van der Waals surface area contributed by atoms with Gasteiger partial charge in [-0.2, -0.15) is 18.3 Å². The molecule has 98 valence electrons. The molecule has 0 N–H and O–H groups in total. The monoisotopic (exact) mass is 261 g/mol. The van der Waals surface area contributed by atoms with E-state index in [9.17, 15) is 17.6 Å². The van der Waals surface area contributed by atoms with Gasteiger partial charge in [0.1, 0.15) is 11.5 Å². The van der Waals surface area contributed by atoms with E-state index in [1.165, 1.54) is 19.2 Å². The van der Waals surface area contributed by atoms with Gasteiger partial charge in [-0.15, -0.1) is 0 Å². The first-order chi connectivity index (χ1) is 8.45.